The predicted octanol–water partition coefficient (Wildman–Crippen LogP) is 1.40. The first-order valence-electron chi connectivity index (χ1n) is 6.76. The Balaban J connectivity index is 2.28. The van der Waals surface area contributed by atoms with Gasteiger partial charge in [0.25, 0.3) is 0 Å². The van der Waals surface area contributed by atoms with E-state index in [2.05, 4.69) is 0 Å². The molecule has 0 aromatic carbocycles. The SMILES string of the molecule is CC1(C)OB(C(=Cc2ccc(S(N)(=O)=O)s2)CO)OC1(C)C. The third-order valence-electron chi connectivity index (χ3n) is 3.95. The molecule has 2 heterocycles. The Kier molecular flexibility index (Phi) is 4.60. The van der Waals surface area contributed by atoms with Crippen LogP contribution in [0.3, 0.4) is 0 Å². The van der Waals surface area contributed by atoms with Crippen molar-refractivity contribution in [2.45, 2.75) is 43.1 Å². The molecule has 0 amide bonds. The number of hydrogen-bond donors (Lipinski definition) is 2. The number of rotatable bonds is 4. The van der Waals surface area contributed by atoms with E-state index < -0.39 is 28.3 Å². The molecule has 0 unspecified atom stereocenters. The zero-order valence-electron chi connectivity index (χ0n) is 13.0. The van der Waals surface area contributed by atoms with Crippen molar-refractivity contribution in [1.29, 1.82) is 0 Å². The van der Waals surface area contributed by atoms with Gasteiger partial charge in [0.1, 0.15) is 4.21 Å². The van der Waals surface area contributed by atoms with Crippen molar-refractivity contribution in [3.63, 3.8) is 0 Å². The van der Waals surface area contributed by atoms with Gasteiger partial charge in [-0.15, -0.1) is 11.3 Å². The minimum absolute atomic E-state index is 0.0740. The lowest BCUT2D eigenvalue weighted by molar-refractivity contribution is 0.00578. The van der Waals surface area contributed by atoms with Crippen LogP contribution in [0, 0.1) is 0 Å². The second-order valence-electron chi connectivity index (χ2n) is 6.17. The Bertz CT molecular complexity index is 677. The van der Waals surface area contributed by atoms with Crippen LogP contribution < -0.4 is 5.14 Å². The van der Waals surface area contributed by atoms with Crippen LogP contribution in [0.1, 0.15) is 32.6 Å². The molecule has 6 nitrogen and oxygen atoms in total. The molecule has 1 aliphatic heterocycles. The maximum atomic E-state index is 11.3. The van der Waals surface area contributed by atoms with Gasteiger partial charge < -0.3 is 14.4 Å². The van der Waals surface area contributed by atoms with Crippen molar-refractivity contribution in [1.82, 2.24) is 0 Å². The van der Waals surface area contributed by atoms with E-state index in [0.717, 1.165) is 11.3 Å². The van der Waals surface area contributed by atoms with E-state index >= 15 is 0 Å². The van der Waals surface area contributed by atoms with Crippen molar-refractivity contribution in [2.24, 2.45) is 5.14 Å². The van der Waals surface area contributed by atoms with Gasteiger partial charge in [0.2, 0.25) is 10.0 Å². The molecule has 22 heavy (non-hydrogen) atoms. The van der Waals surface area contributed by atoms with Gasteiger partial charge in [-0.3, -0.25) is 0 Å². The third-order valence-corrected chi connectivity index (χ3v) is 6.42. The summed E-state index contributed by atoms with van der Waals surface area (Å²) in [6.45, 7) is 7.44. The van der Waals surface area contributed by atoms with Crippen LogP contribution in [0.2, 0.25) is 0 Å². The van der Waals surface area contributed by atoms with E-state index in [1.54, 1.807) is 12.1 Å². The van der Waals surface area contributed by atoms with Gasteiger partial charge in [0, 0.05) is 4.88 Å². The summed E-state index contributed by atoms with van der Waals surface area (Å²) in [5.41, 5.74) is -0.484. The van der Waals surface area contributed by atoms with Gasteiger partial charge in [0.05, 0.1) is 17.8 Å². The zero-order chi connectivity index (χ0) is 16.8. The Morgan fingerprint density at radius 3 is 2.27 bits per heavy atom. The zero-order valence-corrected chi connectivity index (χ0v) is 14.6. The number of thiophene rings is 1. The summed E-state index contributed by atoms with van der Waals surface area (Å²) in [5.74, 6) is 0. The molecular formula is C13H20BNO5S2. The number of aliphatic hydroxyl groups is 1. The van der Waals surface area contributed by atoms with Crippen molar-refractivity contribution in [2.75, 3.05) is 6.61 Å². The minimum Gasteiger partial charge on any atom is -0.400 e. The predicted molar refractivity (Wildman–Crippen MR) is 86.8 cm³/mol. The van der Waals surface area contributed by atoms with Gasteiger partial charge in [-0.05, 0) is 51.4 Å². The van der Waals surface area contributed by atoms with Crippen LogP contribution in [0.15, 0.2) is 21.8 Å². The fourth-order valence-corrected chi connectivity index (χ4v) is 3.66. The summed E-state index contributed by atoms with van der Waals surface area (Å²) in [6.07, 6.45) is 1.67. The van der Waals surface area contributed by atoms with E-state index in [9.17, 15) is 13.5 Å². The molecule has 0 aliphatic carbocycles. The number of primary sulfonamides is 1. The molecule has 2 rings (SSSR count). The maximum Gasteiger partial charge on any atom is 0.492 e. The fourth-order valence-electron chi connectivity index (χ4n) is 1.93. The van der Waals surface area contributed by atoms with Crippen LogP contribution in [-0.2, 0) is 19.3 Å². The third kappa shape index (κ3) is 3.45. The summed E-state index contributed by atoms with van der Waals surface area (Å²) in [7, 11) is -4.39. The van der Waals surface area contributed by atoms with Gasteiger partial charge in [0.15, 0.2) is 0 Å². The fraction of sp³-hybridized carbons (Fsp3) is 0.538. The molecule has 1 aromatic rings. The van der Waals surface area contributed by atoms with Crippen molar-refractivity contribution >= 4 is 34.6 Å². The highest BCUT2D eigenvalue weighted by molar-refractivity contribution is 7.91. The number of aliphatic hydroxyl groups excluding tert-OH is 1. The molecule has 1 aliphatic rings. The second-order valence-corrected chi connectivity index (χ2v) is 9.07. The molecule has 0 saturated carbocycles. The lowest BCUT2D eigenvalue weighted by Gasteiger charge is -2.32. The topological polar surface area (TPSA) is 98.9 Å². The molecule has 0 bridgehead atoms. The van der Waals surface area contributed by atoms with Crippen LogP contribution in [0.4, 0.5) is 0 Å². The van der Waals surface area contributed by atoms with E-state index in [1.165, 1.54) is 6.07 Å². The molecule has 1 fully saturated rings. The Labute approximate surface area is 135 Å². The summed E-state index contributed by atoms with van der Waals surface area (Å²) in [5, 5.41) is 14.7. The van der Waals surface area contributed by atoms with Crippen LogP contribution in [0.25, 0.3) is 6.08 Å². The first-order valence-corrected chi connectivity index (χ1v) is 9.12. The smallest absolute Gasteiger partial charge is 0.400 e. The Hall–Kier alpha value is -0.705. The Morgan fingerprint density at radius 2 is 1.86 bits per heavy atom. The summed E-state index contributed by atoms with van der Waals surface area (Å²) in [4.78, 5) is 0.655. The molecular weight excluding hydrogens is 325 g/mol. The molecule has 122 valence electrons. The van der Waals surface area contributed by atoms with Crippen molar-refractivity contribution < 1.29 is 22.8 Å². The lowest BCUT2D eigenvalue weighted by atomic mass is 9.78. The van der Waals surface area contributed by atoms with Crippen LogP contribution >= 0.6 is 11.3 Å². The molecule has 0 atom stereocenters. The largest absolute Gasteiger partial charge is 0.492 e. The van der Waals surface area contributed by atoms with Crippen LogP contribution in [-0.4, -0.2) is 38.5 Å². The van der Waals surface area contributed by atoms with E-state index in [0.29, 0.717) is 10.3 Å². The normalized spacial score (nSPS) is 21.4. The average molecular weight is 345 g/mol. The van der Waals surface area contributed by atoms with Crippen molar-refractivity contribution in [3.05, 3.63) is 22.5 Å². The molecule has 3 N–H and O–H groups in total. The first kappa shape index (κ1) is 17.6. The van der Waals surface area contributed by atoms with E-state index in [1.807, 2.05) is 27.7 Å². The molecule has 9 heteroatoms. The highest BCUT2D eigenvalue weighted by atomic mass is 32.2. The van der Waals surface area contributed by atoms with Gasteiger partial charge >= 0.3 is 7.12 Å². The lowest BCUT2D eigenvalue weighted by Crippen LogP contribution is -2.41. The highest BCUT2D eigenvalue weighted by Gasteiger charge is 2.52. The number of hydrogen-bond acceptors (Lipinski definition) is 6. The number of sulfonamides is 1. The summed E-state index contributed by atoms with van der Waals surface area (Å²) in [6, 6.07) is 3.07. The van der Waals surface area contributed by atoms with Gasteiger partial charge in [-0.2, -0.15) is 0 Å². The summed E-state index contributed by atoms with van der Waals surface area (Å²) < 4.78 is 34.4. The molecule has 1 saturated heterocycles. The van der Waals surface area contributed by atoms with Gasteiger partial charge in [-0.25, -0.2) is 13.6 Å². The monoisotopic (exact) mass is 345 g/mol. The molecule has 0 radical (unpaired) electrons. The summed E-state index contributed by atoms with van der Waals surface area (Å²) >= 11 is 1.03. The van der Waals surface area contributed by atoms with Crippen molar-refractivity contribution in [3.8, 4) is 0 Å². The first-order chi connectivity index (χ1) is 9.96. The second kappa shape index (κ2) is 5.74. The molecule has 1 aromatic heterocycles. The average Bonchev–Trinajstić information content (AvgIpc) is 2.89. The van der Waals surface area contributed by atoms with Gasteiger partial charge in [-0.1, -0.05) is 0 Å². The van der Waals surface area contributed by atoms with Crippen LogP contribution in [0.5, 0.6) is 0 Å². The maximum absolute atomic E-state index is 11.3. The standard InChI is InChI=1S/C13H20BNO5S2/c1-12(2)13(3,4)20-14(19-12)9(8-16)7-10-5-6-11(21-10)22(15,17)18/h5-7,16H,8H2,1-4H3,(H2,15,17,18). The highest BCUT2D eigenvalue weighted by Crippen LogP contribution is 2.39. The van der Waals surface area contributed by atoms with E-state index in [-0.39, 0.29) is 10.8 Å². The minimum atomic E-state index is -3.72. The quantitative estimate of drug-likeness (QED) is 0.804. The Morgan fingerprint density at radius 1 is 1.32 bits per heavy atom. The van der Waals surface area contributed by atoms with E-state index in [4.69, 9.17) is 14.4 Å². The number of nitrogens with two attached hydrogens (primary N) is 1. The molecule has 0 spiro atoms.